The van der Waals surface area contributed by atoms with Crippen LogP contribution < -0.4 is 0 Å². The van der Waals surface area contributed by atoms with Gasteiger partial charge in [0.05, 0.1) is 26.6 Å². The monoisotopic (exact) mass is 721 g/mol. The Balaban J connectivity index is 1.52. The molecule has 0 bridgehead atoms. The van der Waals surface area contributed by atoms with Crippen LogP contribution in [0.15, 0.2) is 89.3 Å². The highest BCUT2D eigenvalue weighted by Gasteiger charge is 2.30. The van der Waals surface area contributed by atoms with Crippen LogP contribution in [0.1, 0.15) is 22.6 Å². The second-order valence-corrected chi connectivity index (χ2v) is 13.3. The fourth-order valence-corrected chi connectivity index (χ4v) is 8.52. The fraction of sp³-hybridized carbons (Fsp3) is 0.0303. The van der Waals surface area contributed by atoms with E-state index in [9.17, 15) is 0 Å². The molecule has 0 aliphatic heterocycles. The summed E-state index contributed by atoms with van der Waals surface area (Å²) in [6, 6.07) is 25.9. The lowest BCUT2D eigenvalue weighted by Crippen LogP contribution is -2.08. The molecule has 7 rings (SSSR count). The van der Waals surface area contributed by atoms with Gasteiger partial charge in [0.2, 0.25) is 5.71 Å². The molecule has 0 aliphatic rings. The van der Waals surface area contributed by atoms with Gasteiger partial charge in [0.15, 0.2) is 5.58 Å². The van der Waals surface area contributed by atoms with Gasteiger partial charge >= 0.3 is 0 Å². The van der Waals surface area contributed by atoms with Crippen LogP contribution in [-0.4, -0.2) is 4.40 Å². The van der Waals surface area contributed by atoms with E-state index < -0.39 is 5.92 Å². The molecule has 43 heavy (non-hydrogen) atoms. The first-order valence-corrected chi connectivity index (χ1v) is 15.8. The minimum atomic E-state index is -0.671. The smallest absolute Gasteiger partial charge is 0.213 e. The molecule has 0 N–H and O–H groups in total. The van der Waals surface area contributed by atoms with Crippen LogP contribution >= 0.6 is 92.8 Å². The number of oxazole rings is 1. The van der Waals surface area contributed by atoms with Crippen molar-refractivity contribution in [1.82, 2.24) is 4.40 Å². The molecule has 0 saturated heterocycles. The van der Waals surface area contributed by atoms with E-state index in [1.54, 1.807) is 24.3 Å². The Morgan fingerprint density at radius 2 is 1.00 bits per heavy atom. The summed E-state index contributed by atoms with van der Waals surface area (Å²) in [6.45, 7) is 0. The first-order valence-electron chi connectivity index (χ1n) is 12.8. The van der Waals surface area contributed by atoms with Gasteiger partial charge < -0.3 is 4.42 Å². The number of fused-ring (bicyclic) bond motifs is 5. The lowest BCUT2D eigenvalue weighted by molar-refractivity contribution is 0.658. The zero-order chi connectivity index (χ0) is 30.2. The van der Waals surface area contributed by atoms with Gasteiger partial charge in [-0.15, -0.1) is 0 Å². The quantitative estimate of drug-likeness (QED) is 0.165. The highest BCUT2D eigenvalue weighted by Crippen LogP contribution is 2.50. The molecule has 214 valence electrons. The van der Waals surface area contributed by atoms with Crippen molar-refractivity contribution < 1.29 is 4.42 Å². The highest BCUT2D eigenvalue weighted by molar-refractivity contribution is 6.42. The number of benzene rings is 5. The molecule has 7 aromatic rings. The second kappa shape index (κ2) is 11.3. The van der Waals surface area contributed by atoms with E-state index in [0.717, 1.165) is 27.6 Å². The third kappa shape index (κ3) is 4.88. The molecule has 0 aliphatic carbocycles. The van der Waals surface area contributed by atoms with E-state index in [2.05, 4.69) is 4.40 Å². The second-order valence-electron chi connectivity index (χ2n) is 9.96. The molecule has 0 amide bonds. The van der Waals surface area contributed by atoms with Crippen molar-refractivity contribution in [1.29, 1.82) is 0 Å². The van der Waals surface area contributed by atoms with E-state index in [-0.39, 0.29) is 0 Å². The average molecular weight is 725 g/mol. The third-order valence-electron chi connectivity index (χ3n) is 7.46. The van der Waals surface area contributed by atoms with E-state index in [1.165, 1.54) is 0 Å². The van der Waals surface area contributed by atoms with E-state index in [0.29, 0.717) is 68.1 Å². The Hall–Kier alpha value is -2.24. The Morgan fingerprint density at radius 3 is 1.56 bits per heavy atom. The Labute approximate surface area is 286 Å². The maximum atomic E-state index is 7.14. The van der Waals surface area contributed by atoms with Gasteiger partial charge in [0.25, 0.3) is 0 Å². The molecular weight excluding hydrogens is 710 g/mol. The van der Waals surface area contributed by atoms with Crippen LogP contribution in [-0.2, 0) is 0 Å². The fourth-order valence-electron chi connectivity index (χ4n) is 5.76. The molecule has 5 aromatic carbocycles. The van der Waals surface area contributed by atoms with Crippen molar-refractivity contribution in [2.45, 2.75) is 5.92 Å². The van der Waals surface area contributed by atoms with Gasteiger partial charge in [0, 0.05) is 58.1 Å². The van der Waals surface area contributed by atoms with Crippen LogP contribution in [0.25, 0.3) is 38.8 Å². The number of aromatic nitrogens is 1. The van der Waals surface area contributed by atoms with Crippen molar-refractivity contribution in [2.24, 2.45) is 0 Å². The number of hydrogen-bond acceptors (Lipinski definition) is 1. The van der Waals surface area contributed by atoms with E-state index >= 15 is 0 Å². The SMILES string of the molecule is Clc1cc(Cl)c(C(c2cc(Cl)c(-c3c4ccccc4n4c3oc3ccccc34)c(Cl)c2)c2c(Cl)cc(Cl)cc2Cl)c(Cl)c1. The topological polar surface area (TPSA) is 17.6 Å². The molecule has 10 heteroatoms. The maximum absolute atomic E-state index is 7.14. The zero-order valence-corrected chi connectivity index (χ0v) is 27.6. The maximum Gasteiger partial charge on any atom is 0.213 e. The molecule has 2 aromatic heterocycles. The lowest BCUT2D eigenvalue weighted by atomic mass is 9.84. The molecule has 2 nitrogen and oxygen atoms in total. The molecular formula is C33H15Cl8NO. The number of halogens is 8. The zero-order valence-electron chi connectivity index (χ0n) is 21.5. The summed E-state index contributed by atoms with van der Waals surface area (Å²) in [5.74, 6) is -0.671. The van der Waals surface area contributed by atoms with Crippen LogP contribution in [0.2, 0.25) is 40.2 Å². The van der Waals surface area contributed by atoms with Gasteiger partial charge in [-0.05, 0) is 60.2 Å². The number of para-hydroxylation sites is 3. The van der Waals surface area contributed by atoms with Crippen molar-refractivity contribution in [3.8, 4) is 11.1 Å². The molecule has 0 radical (unpaired) electrons. The predicted octanol–water partition coefficient (Wildman–Crippen LogP) is 13.9. The number of hydrogen-bond donors (Lipinski definition) is 0. The van der Waals surface area contributed by atoms with Crippen molar-refractivity contribution in [3.63, 3.8) is 0 Å². The first kappa shape index (κ1) is 29.5. The molecule has 0 fully saturated rings. The summed E-state index contributed by atoms with van der Waals surface area (Å²) >= 11 is 53.9. The molecule has 0 unspecified atom stereocenters. The number of rotatable bonds is 4. The summed E-state index contributed by atoms with van der Waals surface area (Å²) in [6.07, 6.45) is 0. The third-order valence-corrected chi connectivity index (χ3v) is 9.74. The van der Waals surface area contributed by atoms with Crippen LogP contribution in [0, 0.1) is 0 Å². The predicted molar refractivity (Wildman–Crippen MR) is 184 cm³/mol. The largest absolute Gasteiger partial charge is 0.438 e. The molecule has 0 atom stereocenters. The summed E-state index contributed by atoms with van der Waals surface area (Å²) in [7, 11) is 0. The summed E-state index contributed by atoms with van der Waals surface area (Å²) in [4.78, 5) is 0. The Morgan fingerprint density at radius 1 is 0.512 bits per heavy atom. The Kier molecular flexibility index (Phi) is 7.73. The van der Waals surface area contributed by atoms with Crippen molar-refractivity contribution in [3.05, 3.63) is 142 Å². The molecule has 0 saturated carbocycles. The molecule has 0 spiro atoms. The summed E-state index contributed by atoms with van der Waals surface area (Å²) in [5.41, 5.74) is 6.38. The van der Waals surface area contributed by atoms with Crippen molar-refractivity contribution >= 4 is 121 Å². The van der Waals surface area contributed by atoms with Gasteiger partial charge in [-0.1, -0.05) is 123 Å². The minimum Gasteiger partial charge on any atom is -0.438 e. The summed E-state index contributed by atoms with van der Waals surface area (Å²) < 4.78 is 8.46. The first-order chi connectivity index (χ1) is 20.6. The summed E-state index contributed by atoms with van der Waals surface area (Å²) in [5, 5.41) is 3.76. The number of nitrogens with zero attached hydrogens (tertiary/aromatic N) is 1. The van der Waals surface area contributed by atoms with Gasteiger partial charge in [-0.2, -0.15) is 0 Å². The minimum absolute atomic E-state index is 0.323. The normalized spacial score (nSPS) is 11.9. The van der Waals surface area contributed by atoms with Gasteiger partial charge in [0.1, 0.15) is 0 Å². The van der Waals surface area contributed by atoms with Crippen molar-refractivity contribution in [2.75, 3.05) is 0 Å². The van der Waals surface area contributed by atoms with Crippen LogP contribution in [0.3, 0.4) is 0 Å². The van der Waals surface area contributed by atoms with E-state index in [4.69, 9.17) is 97.2 Å². The highest BCUT2D eigenvalue weighted by atomic mass is 35.5. The van der Waals surface area contributed by atoms with Gasteiger partial charge in [-0.25, -0.2) is 0 Å². The van der Waals surface area contributed by atoms with E-state index in [1.807, 2.05) is 60.7 Å². The van der Waals surface area contributed by atoms with Crippen LogP contribution in [0.5, 0.6) is 0 Å². The molecule has 2 heterocycles. The lowest BCUT2D eigenvalue weighted by Gasteiger charge is -2.25. The van der Waals surface area contributed by atoms with Gasteiger partial charge in [-0.3, -0.25) is 4.40 Å². The van der Waals surface area contributed by atoms with Crippen LogP contribution in [0.4, 0.5) is 0 Å². The standard InChI is InChI=1S/C33H15Cl8NO/c34-16-11-21(38)30(22(39)12-16)28(31-23(40)13-17(35)14-24(31)41)15-9-19(36)32(20(37)10-15)29-18-5-1-2-6-25(18)42-26-7-3-4-8-27(26)43-33(29)42/h1-14,28H. The Bertz CT molecular complexity index is 2120. The average Bonchev–Trinajstić information content (AvgIpc) is 3.46.